The van der Waals surface area contributed by atoms with Gasteiger partial charge < -0.3 is 4.90 Å². The maximum Gasteiger partial charge on any atom is 0.0595 e. The highest BCUT2D eigenvalue weighted by Crippen LogP contribution is 2.25. The number of nitrogens with zero attached hydrogens (tertiary/aromatic N) is 2. The summed E-state index contributed by atoms with van der Waals surface area (Å²) in [4.78, 5) is 5.20. The fourth-order valence-corrected chi connectivity index (χ4v) is 3.58. The van der Waals surface area contributed by atoms with Crippen LogP contribution < -0.4 is 0 Å². The summed E-state index contributed by atoms with van der Waals surface area (Å²) in [6, 6.07) is 6.69. The highest BCUT2D eigenvalue weighted by Gasteiger charge is 2.23. The van der Waals surface area contributed by atoms with Gasteiger partial charge in [-0.2, -0.15) is 0 Å². The third kappa shape index (κ3) is 5.13. The average molecular weight is 343 g/mol. The molecule has 0 saturated carbocycles. The van der Waals surface area contributed by atoms with Gasteiger partial charge in [0.25, 0.3) is 0 Å². The Morgan fingerprint density at radius 1 is 1.14 bits per heavy atom. The van der Waals surface area contributed by atoms with Crippen LogP contribution in [-0.2, 0) is 6.54 Å². The number of piperidine rings is 1. The van der Waals surface area contributed by atoms with Gasteiger partial charge in [0.2, 0.25) is 0 Å². The highest BCUT2D eigenvalue weighted by molar-refractivity contribution is 6.42. The van der Waals surface area contributed by atoms with Crippen LogP contribution in [0.5, 0.6) is 0 Å². The van der Waals surface area contributed by atoms with Gasteiger partial charge in [-0.15, -0.1) is 0 Å². The van der Waals surface area contributed by atoms with Gasteiger partial charge in [0, 0.05) is 12.6 Å². The fraction of sp³-hybridized carbons (Fsp3) is 0.667. The number of hydrogen-bond acceptors (Lipinski definition) is 2. The molecule has 2 rings (SSSR count). The van der Waals surface area contributed by atoms with Gasteiger partial charge >= 0.3 is 0 Å². The summed E-state index contributed by atoms with van der Waals surface area (Å²) in [5.41, 5.74) is 1.25. The molecular weight excluding hydrogens is 315 g/mol. The maximum atomic E-state index is 6.14. The molecule has 1 aromatic carbocycles. The second-order valence-corrected chi connectivity index (χ2v) is 7.05. The number of benzene rings is 1. The van der Waals surface area contributed by atoms with E-state index in [2.05, 4.69) is 29.7 Å². The lowest BCUT2D eigenvalue weighted by Gasteiger charge is -2.38. The molecule has 0 atom stereocenters. The average Bonchev–Trinajstić information content (AvgIpc) is 2.54. The summed E-state index contributed by atoms with van der Waals surface area (Å²) in [5, 5.41) is 1.29. The topological polar surface area (TPSA) is 6.48 Å². The van der Waals surface area contributed by atoms with Crippen molar-refractivity contribution in [3.63, 3.8) is 0 Å². The smallest absolute Gasteiger partial charge is 0.0595 e. The molecule has 1 aliphatic heterocycles. The van der Waals surface area contributed by atoms with Gasteiger partial charge in [-0.25, -0.2) is 0 Å². The van der Waals surface area contributed by atoms with Gasteiger partial charge in [-0.3, -0.25) is 4.90 Å². The second kappa shape index (κ2) is 9.12. The van der Waals surface area contributed by atoms with Crippen LogP contribution in [-0.4, -0.2) is 42.0 Å². The van der Waals surface area contributed by atoms with E-state index < -0.39 is 0 Å². The Labute approximate surface area is 145 Å². The Balaban J connectivity index is 1.88. The standard InChI is InChI=1S/C18H28Cl2N2/c1-3-5-10-21-11-8-16(9-12-21)22(4-2)14-15-6-7-17(19)18(20)13-15/h6-7,13,16H,3-5,8-12,14H2,1-2H3. The van der Waals surface area contributed by atoms with Crippen LogP contribution in [0.4, 0.5) is 0 Å². The van der Waals surface area contributed by atoms with E-state index in [0.717, 1.165) is 13.1 Å². The van der Waals surface area contributed by atoms with Crippen LogP contribution in [0.25, 0.3) is 0 Å². The SMILES string of the molecule is CCCCN1CCC(N(CC)Cc2ccc(Cl)c(Cl)c2)CC1. The molecule has 0 aliphatic carbocycles. The van der Waals surface area contributed by atoms with Crippen LogP contribution in [0.1, 0.15) is 45.1 Å². The van der Waals surface area contributed by atoms with E-state index in [4.69, 9.17) is 23.2 Å². The van der Waals surface area contributed by atoms with Crippen LogP contribution >= 0.6 is 23.2 Å². The Hall–Kier alpha value is -0.280. The third-order valence-corrected chi connectivity index (χ3v) is 5.42. The molecule has 0 amide bonds. The zero-order valence-electron chi connectivity index (χ0n) is 13.8. The molecule has 124 valence electrons. The van der Waals surface area contributed by atoms with Crippen molar-refractivity contribution in [1.29, 1.82) is 0 Å². The molecule has 0 bridgehead atoms. The molecule has 1 aromatic rings. The molecule has 1 heterocycles. The van der Waals surface area contributed by atoms with Crippen LogP contribution in [0, 0.1) is 0 Å². The molecule has 0 radical (unpaired) electrons. The Morgan fingerprint density at radius 3 is 2.45 bits per heavy atom. The van der Waals surface area contributed by atoms with Crippen molar-refractivity contribution in [2.45, 2.75) is 52.1 Å². The lowest BCUT2D eigenvalue weighted by molar-refractivity contribution is 0.106. The van der Waals surface area contributed by atoms with Crippen molar-refractivity contribution in [3.05, 3.63) is 33.8 Å². The van der Waals surface area contributed by atoms with Gasteiger partial charge in [-0.05, 0) is 63.1 Å². The fourth-order valence-electron chi connectivity index (χ4n) is 3.26. The van der Waals surface area contributed by atoms with E-state index in [1.54, 1.807) is 0 Å². The molecule has 1 saturated heterocycles. The van der Waals surface area contributed by atoms with E-state index in [1.807, 2.05) is 12.1 Å². The zero-order valence-corrected chi connectivity index (χ0v) is 15.3. The van der Waals surface area contributed by atoms with E-state index in [0.29, 0.717) is 16.1 Å². The molecule has 0 N–H and O–H groups in total. The summed E-state index contributed by atoms with van der Waals surface area (Å²) in [6.45, 7) is 10.3. The molecule has 1 aliphatic rings. The van der Waals surface area contributed by atoms with Crippen molar-refractivity contribution < 1.29 is 0 Å². The summed E-state index contributed by atoms with van der Waals surface area (Å²) in [7, 11) is 0. The van der Waals surface area contributed by atoms with Crippen LogP contribution in [0.2, 0.25) is 10.0 Å². The van der Waals surface area contributed by atoms with Gasteiger partial charge in [0.05, 0.1) is 10.0 Å². The molecule has 1 fully saturated rings. The van der Waals surface area contributed by atoms with Crippen LogP contribution in [0.3, 0.4) is 0 Å². The quantitative estimate of drug-likeness (QED) is 0.681. The van der Waals surface area contributed by atoms with Crippen molar-refractivity contribution >= 4 is 23.2 Å². The lowest BCUT2D eigenvalue weighted by atomic mass is 10.0. The molecular formula is C18H28Cl2N2. The molecule has 0 aromatic heterocycles. The van der Waals surface area contributed by atoms with E-state index >= 15 is 0 Å². The number of rotatable bonds is 7. The van der Waals surface area contributed by atoms with Crippen molar-refractivity contribution in [2.24, 2.45) is 0 Å². The first kappa shape index (κ1) is 18.1. The normalized spacial score (nSPS) is 17.3. The Bertz CT molecular complexity index is 456. The molecule has 0 unspecified atom stereocenters. The first-order chi connectivity index (χ1) is 10.6. The Kier molecular flexibility index (Phi) is 7.49. The molecule has 22 heavy (non-hydrogen) atoms. The van der Waals surface area contributed by atoms with Gasteiger partial charge in [-0.1, -0.05) is 49.5 Å². The van der Waals surface area contributed by atoms with E-state index in [-0.39, 0.29) is 0 Å². The summed E-state index contributed by atoms with van der Waals surface area (Å²) in [6.07, 6.45) is 5.17. The van der Waals surface area contributed by atoms with Crippen molar-refractivity contribution in [2.75, 3.05) is 26.2 Å². The maximum absolute atomic E-state index is 6.14. The predicted octanol–water partition coefficient (Wildman–Crippen LogP) is 5.08. The summed E-state index contributed by atoms with van der Waals surface area (Å²) < 4.78 is 0. The summed E-state index contributed by atoms with van der Waals surface area (Å²) in [5.74, 6) is 0. The first-order valence-electron chi connectivity index (χ1n) is 8.54. The van der Waals surface area contributed by atoms with Gasteiger partial charge in [0.1, 0.15) is 0 Å². The zero-order chi connectivity index (χ0) is 15.9. The third-order valence-electron chi connectivity index (χ3n) is 4.68. The highest BCUT2D eigenvalue weighted by atomic mass is 35.5. The number of likely N-dealkylation sites (tertiary alicyclic amines) is 1. The minimum absolute atomic E-state index is 0.637. The van der Waals surface area contributed by atoms with Gasteiger partial charge in [0.15, 0.2) is 0 Å². The van der Waals surface area contributed by atoms with E-state index in [1.165, 1.54) is 50.9 Å². The summed E-state index contributed by atoms with van der Waals surface area (Å²) >= 11 is 12.1. The lowest BCUT2D eigenvalue weighted by Crippen LogP contribution is -2.44. The van der Waals surface area contributed by atoms with Crippen molar-refractivity contribution in [3.8, 4) is 0 Å². The second-order valence-electron chi connectivity index (χ2n) is 6.24. The van der Waals surface area contributed by atoms with Crippen LogP contribution in [0.15, 0.2) is 18.2 Å². The minimum atomic E-state index is 0.637. The first-order valence-corrected chi connectivity index (χ1v) is 9.30. The molecule has 0 spiro atoms. The minimum Gasteiger partial charge on any atom is -0.303 e. The van der Waals surface area contributed by atoms with E-state index in [9.17, 15) is 0 Å². The molecule has 2 nitrogen and oxygen atoms in total. The number of halogens is 2. The number of unbranched alkanes of at least 4 members (excludes halogenated alkanes) is 1. The largest absolute Gasteiger partial charge is 0.303 e. The monoisotopic (exact) mass is 342 g/mol. The number of hydrogen-bond donors (Lipinski definition) is 0. The molecule has 4 heteroatoms. The predicted molar refractivity (Wildman–Crippen MR) is 96.9 cm³/mol. The Morgan fingerprint density at radius 2 is 1.86 bits per heavy atom. The van der Waals surface area contributed by atoms with Crippen molar-refractivity contribution in [1.82, 2.24) is 9.80 Å².